The molecule has 1 atom stereocenters. The third-order valence-electron chi connectivity index (χ3n) is 3.28. The van der Waals surface area contributed by atoms with E-state index in [0.29, 0.717) is 5.15 Å². The van der Waals surface area contributed by atoms with E-state index in [1.165, 1.54) is 0 Å². The zero-order valence-electron chi connectivity index (χ0n) is 11.4. The Kier molecular flexibility index (Phi) is 5.43. The summed E-state index contributed by atoms with van der Waals surface area (Å²) in [7, 11) is 3.99. The lowest BCUT2D eigenvalue weighted by atomic mass is 10.1. The molecule has 1 aromatic heterocycles. The van der Waals surface area contributed by atoms with Crippen LogP contribution in [-0.2, 0) is 7.05 Å². The van der Waals surface area contributed by atoms with Gasteiger partial charge in [0, 0.05) is 13.6 Å². The van der Waals surface area contributed by atoms with Gasteiger partial charge in [-0.1, -0.05) is 25.4 Å². The molecule has 0 aromatic carbocycles. The number of halogens is 1. The fourth-order valence-electron chi connectivity index (χ4n) is 2.20. The number of imidazole rings is 1. The van der Waals surface area contributed by atoms with Crippen LogP contribution in [0.2, 0.25) is 5.15 Å². The van der Waals surface area contributed by atoms with Gasteiger partial charge >= 0.3 is 0 Å². The first kappa shape index (κ1) is 14.5. The molecule has 17 heavy (non-hydrogen) atoms. The van der Waals surface area contributed by atoms with Crippen LogP contribution in [0.25, 0.3) is 0 Å². The minimum absolute atomic E-state index is 0.272. The molecule has 1 unspecified atom stereocenters. The molecule has 0 saturated carbocycles. The summed E-state index contributed by atoms with van der Waals surface area (Å²) in [6.07, 6.45) is 0. The molecule has 1 N–H and O–H groups in total. The Bertz CT molecular complexity index is 358. The number of nitrogens with one attached hydrogen (secondary N) is 1. The standard InChI is InChI=1S/C12H23ClN4/c1-6-17(7-2)10(8-14-4)11-12(13)15-9(3)16(11)5/h10,14H,6-8H2,1-5H3. The average Bonchev–Trinajstić information content (AvgIpc) is 2.54. The van der Waals surface area contributed by atoms with E-state index in [0.717, 1.165) is 31.2 Å². The summed E-state index contributed by atoms with van der Waals surface area (Å²) in [5.41, 5.74) is 1.10. The Labute approximate surface area is 109 Å². The van der Waals surface area contributed by atoms with Gasteiger partial charge in [0.25, 0.3) is 0 Å². The van der Waals surface area contributed by atoms with Crippen LogP contribution >= 0.6 is 11.6 Å². The lowest BCUT2D eigenvalue weighted by molar-refractivity contribution is 0.209. The normalized spacial score (nSPS) is 13.4. The number of rotatable bonds is 6. The van der Waals surface area contributed by atoms with Crippen molar-refractivity contribution in [3.8, 4) is 0 Å². The molecule has 0 bridgehead atoms. The van der Waals surface area contributed by atoms with Crippen LogP contribution in [-0.4, -0.2) is 41.1 Å². The highest BCUT2D eigenvalue weighted by molar-refractivity contribution is 6.30. The Balaban J connectivity index is 3.12. The summed E-state index contributed by atoms with van der Waals surface area (Å²) in [5.74, 6) is 0.957. The quantitative estimate of drug-likeness (QED) is 0.847. The second kappa shape index (κ2) is 6.38. The minimum atomic E-state index is 0.272. The van der Waals surface area contributed by atoms with Gasteiger partial charge < -0.3 is 9.88 Å². The molecule has 1 aromatic rings. The van der Waals surface area contributed by atoms with Crippen molar-refractivity contribution >= 4 is 11.6 Å². The number of hydrogen-bond donors (Lipinski definition) is 1. The predicted octanol–water partition coefficient (Wildman–Crippen LogP) is 1.98. The molecule has 4 nitrogen and oxygen atoms in total. The highest BCUT2D eigenvalue weighted by Crippen LogP contribution is 2.27. The molecule has 0 fully saturated rings. The van der Waals surface area contributed by atoms with Crippen LogP contribution < -0.4 is 5.32 Å². The number of likely N-dealkylation sites (N-methyl/N-ethyl adjacent to an activating group) is 2. The highest BCUT2D eigenvalue weighted by atomic mass is 35.5. The van der Waals surface area contributed by atoms with E-state index in [1.807, 2.05) is 21.0 Å². The van der Waals surface area contributed by atoms with Crippen molar-refractivity contribution in [1.29, 1.82) is 0 Å². The number of aromatic nitrogens is 2. The minimum Gasteiger partial charge on any atom is -0.333 e. The maximum absolute atomic E-state index is 6.25. The molecule has 0 aliphatic heterocycles. The Morgan fingerprint density at radius 2 is 2.00 bits per heavy atom. The lowest BCUT2D eigenvalue weighted by Gasteiger charge is -2.30. The molecule has 98 valence electrons. The van der Waals surface area contributed by atoms with Crippen molar-refractivity contribution in [3.05, 3.63) is 16.7 Å². The van der Waals surface area contributed by atoms with Gasteiger partial charge in [-0.3, -0.25) is 4.90 Å². The van der Waals surface area contributed by atoms with Gasteiger partial charge in [-0.05, 0) is 27.1 Å². The zero-order chi connectivity index (χ0) is 13.0. The van der Waals surface area contributed by atoms with Gasteiger partial charge in [-0.25, -0.2) is 4.98 Å². The third-order valence-corrected chi connectivity index (χ3v) is 3.56. The second-order valence-corrected chi connectivity index (χ2v) is 4.55. The summed E-state index contributed by atoms with van der Waals surface area (Å²) in [5, 5.41) is 3.86. The molecule has 0 aliphatic rings. The monoisotopic (exact) mass is 258 g/mol. The first-order chi connectivity index (χ1) is 8.06. The summed E-state index contributed by atoms with van der Waals surface area (Å²) in [6, 6.07) is 0.272. The van der Waals surface area contributed by atoms with Crippen molar-refractivity contribution in [3.63, 3.8) is 0 Å². The van der Waals surface area contributed by atoms with E-state index in [4.69, 9.17) is 11.6 Å². The molecular weight excluding hydrogens is 236 g/mol. The number of aryl methyl sites for hydroxylation is 1. The summed E-state index contributed by atoms with van der Waals surface area (Å²) < 4.78 is 2.09. The van der Waals surface area contributed by atoms with Crippen LogP contribution in [0.4, 0.5) is 0 Å². The van der Waals surface area contributed by atoms with E-state index in [-0.39, 0.29) is 6.04 Å². The van der Waals surface area contributed by atoms with E-state index >= 15 is 0 Å². The second-order valence-electron chi connectivity index (χ2n) is 4.19. The topological polar surface area (TPSA) is 33.1 Å². The smallest absolute Gasteiger partial charge is 0.152 e. The van der Waals surface area contributed by atoms with Gasteiger partial charge in [0.15, 0.2) is 5.15 Å². The van der Waals surface area contributed by atoms with E-state index in [9.17, 15) is 0 Å². The fourth-order valence-corrected chi connectivity index (χ4v) is 2.58. The van der Waals surface area contributed by atoms with Crippen molar-refractivity contribution < 1.29 is 0 Å². The maximum atomic E-state index is 6.25. The summed E-state index contributed by atoms with van der Waals surface area (Å²) in [6.45, 7) is 9.20. The molecule has 0 amide bonds. The summed E-state index contributed by atoms with van der Waals surface area (Å²) >= 11 is 6.25. The van der Waals surface area contributed by atoms with Gasteiger partial charge in [-0.2, -0.15) is 0 Å². The zero-order valence-corrected chi connectivity index (χ0v) is 12.2. The maximum Gasteiger partial charge on any atom is 0.152 e. The molecular formula is C12H23ClN4. The first-order valence-corrected chi connectivity index (χ1v) is 6.51. The predicted molar refractivity (Wildman–Crippen MR) is 72.5 cm³/mol. The number of nitrogens with zero attached hydrogens (tertiary/aromatic N) is 3. The van der Waals surface area contributed by atoms with Crippen LogP contribution in [0.1, 0.15) is 31.4 Å². The molecule has 1 rings (SSSR count). The Morgan fingerprint density at radius 1 is 1.41 bits per heavy atom. The average molecular weight is 259 g/mol. The van der Waals surface area contributed by atoms with Crippen LogP contribution in [0.5, 0.6) is 0 Å². The molecule has 1 heterocycles. The largest absolute Gasteiger partial charge is 0.333 e. The molecule has 5 heteroatoms. The Hall–Kier alpha value is -0.580. The van der Waals surface area contributed by atoms with Crippen LogP contribution in [0, 0.1) is 6.92 Å². The number of hydrogen-bond acceptors (Lipinski definition) is 3. The molecule has 0 radical (unpaired) electrons. The molecule has 0 saturated heterocycles. The van der Waals surface area contributed by atoms with Crippen LogP contribution in [0.15, 0.2) is 0 Å². The highest BCUT2D eigenvalue weighted by Gasteiger charge is 2.24. The van der Waals surface area contributed by atoms with Crippen LogP contribution in [0.3, 0.4) is 0 Å². The van der Waals surface area contributed by atoms with Gasteiger partial charge in [0.1, 0.15) is 5.82 Å². The van der Waals surface area contributed by atoms with Crippen molar-refractivity contribution in [1.82, 2.24) is 19.8 Å². The van der Waals surface area contributed by atoms with Crippen molar-refractivity contribution in [2.45, 2.75) is 26.8 Å². The van der Waals surface area contributed by atoms with Crippen molar-refractivity contribution in [2.24, 2.45) is 7.05 Å². The summed E-state index contributed by atoms with van der Waals surface area (Å²) in [4.78, 5) is 6.73. The van der Waals surface area contributed by atoms with E-state index in [2.05, 4.69) is 33.6 Å². The van der Waals surface area contributed by atoms with E-state index < -0.39 is 0 Å². The fraction of sp³-hybridized carbons (Fsp3) is 0.750. The Morgan fingerprint density at radius 3 is 2.35 bits per heavy atom. The van der Waals surface area contributed by atoms with Gasteiger partial charge in [0.05, 0.1) is 11.7 Å². The molecule has 0 aliphatic carbocycles. The van der Waals surface area contributed by atoms with E-state index in [1.54, 1.807) is 0 Å². The first-order valence-electron chi connectivity index (χ1n) is 6.14. The van der Waals surface area contributed by atoms with Gasteiger partial charge in [-0.15, -0.1) is 0 Å². The third kappa shape index (κ3) is 3.00. The lowest BCUT2D eigenvalue weighted by Crippen LogP contribution is -2.36. The van der Waals surface area contributed by atoms with Gasteiger partial charge in [0.2, 0.25) is 0 Å². The molecule has 0 spiro atoms. The SMILES string of the molecule is CCN(CC)C(CNC)c1c(Cl)nc(C)n1C. The van der Waals surface area contributed by atoms with Crippen molar-refractivity contribution in [2.75, 3.05) is 26.7 Å².